The number of hydrogen-bond acceptors (Lipinski definition) is 7. The van der Waals surface area contributed by atoms with Crippen LogP contribution in [0, 0.1) is 5.41 Å². The summed E-state index contributed by atoms with van der Waals surface area (Å²) in [5, 5.41) is 21.3. The predicted octanol–water partition coefficient (Wildman–Crippen LogP) is 3.27. The first-order valence-corrected chi connectivity index (χ1v) is 11.0. The molecule has 160 valence electrons. The van der Waals surface area contributed by atoms with Crippen molar-refractivity contribution in [3.05, 3.63) is 59.6 Å². The molecule has 2 aromatic heterocycles. The lowest BCUT2D eigenvalue weighted by Crippen LogP contribution is -2.35. The molecular weight excluding hydrogens is 388 g/mol. The van der Waals surface area contributed by atoms with Gasteiger partial charge in [-0.1, -0.05) is 0 Å². The van der Waals surface area contributed by atoms with E-state index < -0.39 is 0 Å². The lowest BCUT2D eigenvalue weighted by Gasteiger charge is -2.24. The molecule has 0 amide bonds. The van der Waals surface area contributed by atoms with Gasteiger partial charge in [-0.25, -0.2) is 9.97 Å². The van der Waals surface area contributed by atoms with Crippen LogP contribution >= 0.6 is 0 Å². The van der Waals surface area contributed by atoms with Gasteiger partial charge in [0.1, 0.15) is 11.6 Å². The summed E-state index contributed by atoms with van der Waals surface area (Å²) in [6, 6.07) is 8.56. The molecule has 1 atom stereocenters. The number of likely N-dealkylation sites (tertiary alicyclic amines) is 1. The third kappa shape index (κ3) is 3.81. The van der Waals surface area contributed by atoms with Gasteiger partial charge in [-0.05, 0) is 62.7 Å². The Morgan fingerprint density at radius 3 is 2.65 bits per heavy atom. The Morgan fingerprint density at radius 2 is 1.84 bits per heavy atom. The first-order valence-electron chi connectivity index (χ1n) is 11.0. The lowest BCUT2D eigenvalue weighted by molar-refractivity contribution is 0.260. The third-order valence-corrected chi connectivity index (χ3v) is 6.42. The summed E-state index contributed by atoms with van der Waals surface area (Å²) in [6.07, 6.45) is 8.84. The second-order valence-corrected chi connectivity index (χ2v) is 8.43. The first-order chi connectivity index (χ1) is 15.1. The molecule has 2 aromatic rings. The van der Waals surface area contributed by atoms with Crippen molar-refractivity contribution in [1.29, 1.82) is 5.41 Å². The van der Waals surface area contributed by atoms with E-state index in [1.807, 2.05) is 18.2 Å². The standard InChI is InChI=1S/C24H28N6O/c1-26-14-16-12-18(23(31)13-19(16)25)20-4-5-22-21(27-20)6-7-24(28-22)30-11-8-17(15-30)29-9-2-3-10-29/h4-7,12-14,17,25-26,31H,2-3,8-11,15H2,1H3/b16-14-,25-19?. The Labute approximate surface area is 182 Å². The SMILES string of the molecule is CN/C=C1/C=C(c2ccc3nc(N4CCC(N5CCCC5)C4)ccc3n2)C(O)=CC1=N. The summed E-state index contributed by atoms with van der Waals surface area (Å²) in [4.78, 5) is 14.6. The molecule has 2 saturated heterocycles. The monoisotopic (exact) mass is 416 g/mol. The van der Waals surface area contributed by atoms with Gasteiger partial charge >= 0.3 is 0 Å². The number of fused-ring (bicyclic) bond motifs is 1. The van der Waals surface area contributed by atoms with E-state index in [4.69, 9.17) is 15.4 Å². The van der Waals surface area contributed by atoms with E-state index in [1.54, 1.807) is 19.3 Å². The fourth-order valence-corrected chi connectivity index (χ4v) is 4.76. The maximum Gasteiger partial charge on any atom is 0.129 e. The Morgan fingerprint density at radius 1 is 1.06 bits per heavy atom. The van der Waals surface area contributed by atoms with Gasteiger partial charge in [0, 0.05) is 49.6 Å². The molecule has 7 nitrogen and oxygen atoms in total. The average Bonchev–Trinajstić information content (AvgIpc) is 3.47. The van der Waals surface area contributed by atoms with E-state index in [0.29, 0.717) is 22.9 Å². The van der Waals surface area contributed by atoms with Crippen molar-refractivity contribution in [1.82, 2.24) is 20.2 Å². The molecule has 5 rings (SSSR count). The van der Waals surface area contributed by atoms with Crippen LogP contribution in [0.15, 0.2) is 53.9 Å². The lowest BCUT2D eigenvalue weighted by atomic mass is 9.96. The highest BCUT2D eigenvalue weighted by Gasteiger charge is 2.30. The van der Waals surface area contributed by atoms with Crippen LogP contribution in [0.1, 0.15) is 25.0 Å². The summed E-state index contributed by atoms with van der Waals surface area (Å²) >= 11 is 0. The molecule has 7 heteroatoms. The molecule has 31 heavy (non-hydrogen) atoms. The number of rotatable bonds is 4. The van der Waals surface area contributed by atoms with E-state index in [-0.39, 0.29) is 11.5 Å². The van der Waals surface area contributed by atoms with Gasteiger partial charge in [0.05, 0.1) is 22.4 Å². The molecule has 0 saturated carbocycles. The molecule has 3 N–H and O–H groups in total. The van der Waals surface area contributed by atoms with Crippen LogP contribution in [0.3, 0.4) is 0 Å². The molecule has 0 radical (unpaired) electrons. The summed E-state index contributed by atoms with van der Waals surface area (Å²) in [5.74, 6) is 1.07. The number of nitrogens with zero attached hydrogens (tertiary/aromatic N) is 4. The Balaban J connectivity index is 1.39. The smallest absolute Gasteiger partial charge is 0.129 e. The predicted molar refractivity (Wildman–Crippen MR) is 125 cm³/mol. The Hall–Kier alpha value is -3.19. The van der Waals surface area contributed by atoms with E-state index in [9.17, 15) is 5.11 Å². The van der Waals surface area contributed by atoms with Crippen LogP contribution in [-0.2, 0) is 0 Å². The van der Waals surface area contributed by atoms with Crippen molar-refractivity contribution in [2.75, 3.05) is 38.1 Å². The zero-order chi connectivity index (χ0) is 21.4. The maximum absolute atomic E-state index is 10.4. The first kappa shape index (κ1) is 19.8. The molecular formula is C24H28N6O. The van der Waals surface area contributed by atoms with Crippen LogP contribution in [0.25, 0.3) is 16.6 Å². The minimum absolute atomic E-state index is 0.0553. The molecule has 1 unspecified atom stereocenters. The van der Waals surface area contributed by atoms with Crippen molar-refractivity contribution in [3.63, 3.8) is 0 Å². The molecule has 2 fully saturated rings. The van der Waals surface area contributed by atoms with Gasteiger partial charge in [0.15, 0.2) is 0 Å². The Bertz CT molecular complexity index is 1110. The van der Waals surface area contributed by atoms with Gasteiger partial charge in [0.2, 0.25) is 0 Å². The van der Waals surface area contributed by atoms with Crippen LogP contribution < -0.4 is 10.2 Å². The fraction of sp³-hybridized carbons (Fsp3) is 0.375. The summed E-state index contributed by atoms with van der Waals surface area (Å²) in [5.41, 5.74) is 3.89. The summed E-state index contributed by atoms with van der Waals surface area (Å²) in [6.45, 7) is 4.56. The van der Waals surface area contributed by atoms with E-state index in [0.717, 1.165) is 29.9 Å². The number of pyridine rings is 2. The van der Waals surface area contributed by atoms with E-state index >= 15 is 0 Å². The van der Waals surface area contributed by atoms with Gasteiger partial charge in [-0.15, -0.1) is 0 Å². The Kier molecular flexibility index (Phi) is 5.19. The number of anilines is 1. The van der Waals surface area contributed by atoms with Crippen molar-refractivity contribution in [2.24, 2.45) is 0 Å². The number of allylic oxidation sites excluding steroid dienone is 4. The van der Waals surface area contributed by atoms with Crippen molar-refractivity contribution in [2.45, 2.75) is 25.3 Å². The summed E-state index contributed by atoms with van der Waals surface area (Å²) in [7, 11) is 1.79. The largest absolute Gasteiger partial charge is 0.507 e. The average molecular weight is 417 g/mol. The number of hydrogen-bond donors (Lipinski definition) is 3. The van der Waals surface area contributed by atoms with Crippen molar-refractivity contribution < 1.29 is 5.11 Å². The van der Waals surface area contributed by atoms with Gasteiger partial charge in [-0.2, -0.15) is 0 Å². The molecule has 1 aliphatic carbocycles. The maximum atomic E-state index is 10.4. The number of aromatic nitrogens is 2. The van der Waals surface area contributed by atoms with Crippen LogP contribution in [-0.4, -0.2) is 65.0 Å². The second-order valence-electron chi connectivity index (χ2n) is 8.43. The minimum atomic E-state index is 0.0553. The zero-order valence-corrected chi connectivity index (χ0v) is 17.8. The third-order valence-electron chi connectivity index (χ3n) is 6.42. The second kappa shape index (κ2) is 8.15. The van der Waals surface area contributed by atoms with Gasteiger partial charge in [-0.3, -0.25) is 4.90 Å². The number of nitrogens with one attached hydrogen (secondary N) is 2. The van der Waals surface area contributed by atoms with Crippen LogP contribution in [0.5, 0.6) is 0 Å². The topological polar surface area (TPSA) is 88.4 Å². The molecule has 0 spiro atoms. The van der Waals surface area contributed by atoms with Crippen LogP contribution in [0.4, 0.5) is 5.82 Å². The van der Waals surface area contributed by atoms with Crippen molar-refractivity contribution >= 4 is 28.1 Å². The highest BCUT2D eigenvalue weighted by molar-refractivity contribution is 6.13. The minimum Gasteiger partial charge on any atom is -0.507 e. The zero-order valence-electron chi connectivity index (χ0n) is 17.8. The molecule has 2 aliphatic heterocycles. The number of aliphatic hydroxyl groups excluding tert-OH is 1. The highest BCUT2D eigenvalue weighted by Crippen LogP contribution is 2.29. The van der Waals surface area contributed by atoms with Crippen molar-refractivity contribution in [3.8, 4) is 0 Å². The number of aliphatic hydroxyl groups is 1. The normalized spacial score (nSPS) is 23.5. The summed E-state index contributed by atoms with van der Waals surface area (Å²) < 4.78 is 0. The molecule has 4 heterocycles. The van der Waals surface area contributed by atoms with Crippen LogP contribution in [0.2, 0.25) is 0 Å². The highest BCUT2D eigenvalue weighted by atomic mass is 16.3. The fourth-order valence-electron chi connectivity index (χ4n) is 4.76. The molecule has 0 bridgehead atoms. The quantitative estimate of drug-likeness (QED) is 0.709. The van der Waals surface area contributed by atoms with E-state index in [2.05, 4.69) is 21.2 Å². The van der Waals surface area contributed by atoms with Gasteiger partial charge in [0.25, 0.3) is 0 Å². The molecule has 0 aromatic carbocycles. The van der Waals surface area contributed by atoms with Gasteiger partial charge < -0.3 is 20.7 Å². The van der Waals surface area contributed by atoms with E-state index in [1.165, 1.54) is 38.4 Å². The molecule has 3 aliphatic rings.